The number of nitrogens with one attached hydrogen (secondary N) is 1. The standard InChI is InChI=1S/C23H24N2O2/c1-14-2-10-22(27-14)21-13-18(16-5-6-16)19-12-15(3-9-20(19)25-21)4-11-23(26)24-17-7-8-17/h2-3,9-10,12-13,16-17H,4-8,11H2,1H3,(H,24,26). The number of aryl methyl sites for hydroxylation is 2. The van der Waals surface area contributed by atoms with Crippen LogP contribution in [-0.4, -0.2) is 16.9 Å². The zero-order valence-corrected chi connectivity index (χ0v) is 15.6. The summed E-state index contributed by atoms with van der Waals surface area (Å²) in [6.07, 6.45) is 6.08. The Kier molecular flexibility index (Phi) is 4.00. The van der Waals surface area contributed by atoms with Crippen molar-refractivity contribution in [2.45, 2.75) is 57.4 Å². The lowest BCUT2D eigenvalue weighted by atomic mass is 9.99. The summed E-state index contributed by atoms with van der Waals surface area (Å²) in [4.78, 5) is 16.8. The summed E-state index contributed by atoms with van der Waals surface area (Å²) in [5.41, 5.74) is 4.50. The molecule has 0 unspecified atom stereocenters. The normalized spacial score (nSPS) is 16.6. The lowest BCUT2D eigenvalue weighted by Gasteiger charge is -2.10. The molecule has 0 radical (unpaired) electrons. The highest BCUT2D eigenvalue weighted by molar-refractivity contribution is 5.86. The van der Waals surface area contributed by atoms with Gasteiger partial charge in [-0.1, -0.05) is 6.07 Å². The fourth-order valence-electron chi connectivity index (χ4n) is 3.67. The van der Waals surface area contributed by atoms with Gasteiger partial charge in [0.2, 0.25) is 5.91 Å². The maximum absolute atomic E-state index is 12.0. The highest BCUT2D eigenvalue weighted by Gasteiger charge is 2.27. The summed E-state index contributed by atoms with van der Waals surface area (Å²) in [7, 11) is 0. The summed E-state index contributed by atoms with van der Waals surface area (Å²) in [6.45, 7) is 1.96. The summed E-state index contributed by atoms with van der Waals surface area (Å²) in [5.74, 6) is 2.53. The van der Waals surface area contributed by atoms with Gasteiger partial charge in [0.25, 0.3) is 0 Å². The Labute approximate surface area is 159 Å². The summed E-state index contributed by atoms with van der Waals surface area (Å²) < 4.78 is 5.79. The Bertz CT molecular complexity index is 1010. The first-order chi connectivity index (χ1) is 13.2. The lowest BCUT2D eigenvalue weighted by Crippen LogP contribution is -2.25. The fourth-order valence-corrected chi connectivity index (χ4v) is 3.67. The monoisotopic (exact) mass is 360 g/mol. The van der Waals surface area contributed by atoms with E-state index in [9.17, 15) is 4.79 Å². The third kappa shape index (κ3) is 3.61. The van der Waals surface area contributed by atoms with Gasteiger partial charge in [-0.25, -0.2) is 4.98 Å². The third-order valence-corrected chi connectivity index (χ3v) is 5.50. The van der Waals surface area contributed by atoms with Crippen LogP contribution in [0.3, 0.4) is 0 Å². The van der Waals surface area contributed by atoms with Gasteiger partial charge < -0.3 is 9.73 Å². The molecule has 3 aromatic rings. The molecule has 0 aliphatic heterocycles. The minimum atomic E-state index is 0.168. The number of furan rings is 1. The van der Waals surface area contributed by atoms with Crippen LogP contribution in [0.15, 0.2) is 40.8 Å². The second-order valence-corrected chi connectivity index (χ2v) is 7.97. The number of hydrogen-bond donors (Lipinski definition) is 1. The second kappa shape index (κ2) is 6.52. The van der Waals surface area contributed by atoms with Crippen LogP contribution in [0.2, 0.25) is 0 Å². The van der Waals surface area contributed by atoms with Crippen molar-refractivity contribution in [1.29, 1.82) is 0 Å². The van der Waals surface area contributed by atoms with E-state index in [0.29, 0.717) is 18.4 Å². The Morgan fingerprint density at radius 3 is 2.70 bits per heavy atom. The number of benzene rings is 1. The van der Waals surface area contributed by atoms with E-state index < -0.39 is 0 Å². The molecule has 2 heterocycles. The van der Waals surface area contributed by atoms with Crippen LogP contribution in [0, 0.1) is 6.92 Å². The zero-order valence-electron chi connectivity index (χ0n) is 15.6. The van der Waals surface area contributed by atoms with Crippen molar-refractivity contribution < 1.29 is 9.21 Å². The number of hydrogen-bond acceptors (Lipinski definition) is 3. The average molecular weight is 360 g/mol. The maximum atomic E-state index is 12.0. The molecule has 1 amide bonds. The first-order valence-corrected chi connectivity index (χ1v) is 9.95. The largest absolute Gasteiger partial charge is 0.460 e. The number of aromatic nitrogens is 1. The predicted octanol–water partition coefficient (Wildman–Crippen LogP) is 4.89. The summed E-state index contributed by atoms with van der Waals surface area (Å²) in [6, 6.07) is 13.0. The Hall–Kier alpha value is -2.62. The summed E-state index contributed by atoms with van der Waals surface area (Å²) in [5, 5.41) is 4.29. The van der Waals surface area contributed by atoms with Crippen molar-refractivity contribution in [3.63, 3.8) is 0 Å². The van der Waals surface area contributed by atoms with Gasteiger partial charge in [0, 0.05) is 17.8 Å². The second-order valence-electron chi connectivity index (χ2n) is 7.97. The van der Waals surface area contributed by atoms with E-state index in [4.69, 9.17) is 9.40 Å². The molecule has 4 heteroatoms. The van der Waals surface area contributed by atoms with E-state index in [0.717, 1.165) is 42.0 Å². The Balaban J connectivity index is 1.44. The molecule has 5 rings (SSSR count). The number of nitrogens with zero attached hydrogens (tertiary/aromatic N) is 1. The van der Waals surface area contributed by atoms with E-state index in [-0.39, 0.29) is 5.91 Å². The molecule has 0 saturated heterocycles. The molecule has 2 aromatic heterocycles. The molecule has 1 N–H and O–H groups in total. The van der Waals surface area contributed by atoms with Crippen molar-refractivity contribution in [3.05, 3.63) is 53.3 Å². The van der Waals surface area contributed by atoms with Crippen molar-refractivity contribution in [1.82, 2.24) is 10.3 Å². The number of carbonyl (C=O) groups excluding carboxylic acids is 1. The van der Waals surface area contributed by atoms with Gasteiger partial charge >= 0.3 is 0 Å². The number of amides is 1. The van der Waals surface area contributed by atoms with Crippen LogP contribution in [0.25, 0.3) is 22.4 Å². The van der Waals surface area contributed by atoms with E-state index >= 15 is 0 Å². The Morgan fingerprint density at radius 2 is 2.00 bits per heavy atom. The van der Waals surface area contributed by atoms with Crippen LogP contribution >= 0.6 is 0 Å². The average Bonchev–Trinajstić information content (AvgIpc) is 3.59. The van der Waals surface area contributed by atoms with Crippen molar-refractivity contribution >= 4 is 16.8 Å². The molecule has 4 nitrogen and oxygen atoms in total. The van der Waals surface area contributed by atoms with Gasteiger partial charge in [0.05, 0.1) is 5.52 Å². The third-order valence-electron chi connectivity index (χ3n) is 5.50. The van der Waals surface area contributed by atoms with Crippen molar-refractivity contribution in [2.75, 3.05) is 0 Å². The highest BCUT2D eigenvalue weighted by Crippen LogP contribution is 2.44. The van der Waals surface area contributed by atoms with Crippen LogP contribution in [0.1, 0.15) is 54.9 Å². The number of rotatable bonds is 6. The van der Waals surface area contributed by atoms with Gasteiger partial charge in [-0.05, 0) is 86.4 Å². The van der Waals surface area contributed by atoms with Crippen LogP contribution in [-0.2, 0) is 11.2 Å². The van der Waals surface area contributed by atoms with Gasteiger partial charge in [-0.2, -0.15) is 0 Å². The molecular weight excluding hydrogens is 336 g/mol. The zero-order chi connectivity index (χ0) is 18.4. The molecule has 27 heavy (non-hydrogen) atoms. The highest BCUT2D eigenvalue weighted by atomic mass is 16.3. The first kappa shape index (κ1) is 16.5. The molecule has 2 aliphatic carbocycles. The van der Waals surface area contributed by atoms with E-state index in [2.05, 4.69) is 29.6 Å². The molecule has 2 fully saturated rings. The number of pyridine rings is 1. The minimum absolute atomic E-state index is 0.168. The predicted molar refractivity (Wildman–Crippen MR) is 106 cm³/mol. The van der Waals surface area contributed by atoms with Gasteiger partial charge in [0.15, 0.2) is 5.76 Å². The molecule has 0 bridgehead atoms. The van der Waals surface area contributed by atoms with E-state index in [1.807, 2.05) is 19.1 Å². The van der Waals surface area contributed by atoms with Crippen LogP contribution in [0.5, 0.6) is 0 Å². The quantitative estimate of drug-likeness (QED) is 0.681. The van der Waals surface area contributed by atoms with Crippen molar-refractivity contribution in [2.24, 2.45) is 0 Å². The maximum Gasteiger partial charge on any atom is 0.220 e. The van der Waals surface area contributed by atoms with Gasteiger partial charge in [-0.3, -0.25) is 4.79 Å². The molecule has 2 saturated carbocycles. The lowest BCUT2D eigenvalue weighted by molar-refractivity contribution is -0.121. The molecule has 0 atom stereocenters. The smallest absolute Gasteiger partial charge is 0.220 e. The van der Waals surface area contributed by atoms with Crippen LogP contribution < -0.4 is 5.32 Å². The van der Waals surface area contributed by atoms with Crippen LogP contribution in [0.4, 0.5) is 0 Å². The summed E-state index contributed by atoms with van der Waals surface area (Å²) >= 11 is 0. The van der Waals surface area contributed by atoms with Gasteiger partial charge in [0.1, 0.15) is 11.5 Å². The van der Waals surface area contributed by atoms with Crippen molar-refractivity contribution in [3.8, 4) is 11.5 Å². The molecule has 0 spiro atoms. The molecular formula is C23H24N2O2. The SMILES string of the molecule is Cc1ccc(-c2cc(C3CC3)c3cc(CCC(=O)NC4CC4)ccc3n2)o1. The topological polar surface area (TPSA) is 55.1 Å². The molecule has 1 aromatic carbocycles. The van der Waals surface area contributed by atoms with E-state index in [1.54, 1.807) is 0 Å². The van der Waals surface area contributed by atoms with Gasteiger partial charge in [-0.15, -0.1) is 0 Å². The first-order valence-electron chi connectivity index (χ1n) is 9.95. The Morgan fingerprint density at radius 1 is 1.15 bits per heavy atom. The molecule has 2 aliphatic rings. The fraction of sp³-hybridized carbons (Fsp3) is 0.391. The minimum Gasteiger partial charge on any atom is -0.460 e. The number of carbonyl (C=O) groups is 1. The van der Waals surface area contributed by atoms with E-state index in [1.165, 1.54) is 29.4 Å². The number of fused-ring (bicyclic) bond motifs is 1. The molecule has 138 valence electrons.